The van der Waals surface area contributed by atoms with Gasteiger partial charge < -0.3 is 15.1 Å². The molecule has 0 atom stereocenters. The molecule has 0 saturated carbocycles. The molecule has 0 fully saturated rings. The number of thioether (sulfide) groups is 1. The first-order chi connectivity index (χ1) is 33.9. The number of unbranched alkanes of at least 4 members (excludes halogenated alkanes) is 37. The normalized spacial score (nSPS) is 13.3. The summed E-state index contributed by atoms with van der Waals surface area (Å²) in [5.41, 5.74) is 0. The van der Waals surface area contributed by atoms with Gasteiger partial charge in [-0.2, -0.15) is 57.1 Å². The summed E-state index contributed by atoms with van der Waals surface area (Å²) in [6, 6.07) is -0.776. The van der Waals surface area contributed by atoms with Gasteiger partial charge in [-0.1, -0.05) is 238 Å². The smallest absolute Gasteiger partial charge is 0.332 e. The van der Waals surface area contributed by atoms with E-state index >= 15 is 0 Å². The molecule has 0 heterocycles. The Morgan fingerprint density at radius 3 is 0.944 bits per heavy atom. The molecule has 0 aliphatic heterocycles. The second kappa shape index (κ2) is 40.0. The molecule has 0 unspecified atom stereocenters. The van der Waals surface area contributed by atoms with E-state index in [9.17, 15) is 61.9 Å². The van der Waals surface area contributed by atoms with Crippen LogP contribution >= 0.6 is 11.8 Å². The zero-order valence-electron chi connectivity index (χ0n) is 44.8. The molecule has 4 nitrogen and oxygen atoms in total. The second-order valence-corrected chi connectivity index (χ2v) is 22.3. The molecule has 2 N–H and O–H groups in total. The van der Waals surface area contributed by atoms with Crippen molar-refractivity contribution in [2.75, 3.05) is 45.4 Å². The first kappa shape index (κ1) is 70.7. The lowest BCUT2D eigenvalue weighted by Crippen LogP contribution is -2.70. The summed E-state index contributed by atoms with van der Waals surface area (Å²) in [7, 11) is 3.97. The average Bonchev–Trinajstić information content (AvgIpc) is 3.30. The SMILES string of the molecule is CCCCCCCCCCCCCCCCCCCCCCCCCCCCCCCCCCCCCCCC[N+](C)(C)CCNC(=O)NCSCCC(F)(F)C(F)(F)C(F)(F)C(F)(F)C(F)(F)C(F)(F)F. The van der Waals surface area contributed by atoms with Gasteiger partial charge in [-0.3, -0.25) is 0 Å². The quantitative estimate of drug-likeness (QED) is 0.0276. The zero-order chi connectivity index (χ0) is 54.3. The van der Waals surface area contributed by atoms with Gasteiger partial charge in [0.25, 0.3) is 0 Å². The molecular formula is C54H99F13N3OS+. The Kier molecular flexibility index (Phi) is 39.2. The topological polar surface area (TPSA) is 41.1 Å². The Labute approximate surface area is 432 Å². The molecule has 0 bridgehead atoms. The maximum Gasteiger partial charge on any atom is 0.460 e. The lowest BCUT2D eigenvalue weighted by Gasteiger charge is -2.39. The Bertz CT molecular complexity index is 1290. The molecule has 0 aliphatic rings. The van der Waals surface area contributed by atoms with Crippen LogP contribution in [0.2, 0.25) is 0 Å². The third kappa shape index (κ3) is 31.0. The molecule has 0 spiro atoms. The van der Waals surface area contributed by atoms with Crippen LogP contribution in [0.1, 0.15) is 257 Å². The van der Waals surface area contributed by atoms with E-state index < -0.39 is 59.9 Å². The highest BCUT2D eigenvalue weighted by molar-refractivity contribution is 7.99. The van der Waals surface area contributed by atoms with Crippen LogP contribution in [0.4, 0.5) is 61.9 Å². The van der Waals surface area contributed by atoms with E-state index in [0.717, 1.165) is 25.8 Å². The highest BCUT2D eigenvalue weighted by Gasteiger charge is 2.90. The standard InChI is InChI=1S/C54H98F13N3OS/c1-4-5-6-7-8-9-10-11-12-13-14-15-16-17-18-19-20-21-22-23-24-25-26-27-28-29-30-31-32-33-34-35-36-37-38-39-40-41-44-70(2,3)45-43-68-48(71)69-47-72-46-42-49(55,56)50(57,58)51(59,60)52(61,62)53(63,64)54(65,66)67/h4-47H2,1-3H3,(H-,68,69,71)/p+1. The van der Waals surface area contributed by atoms with Crippen molar-refractivity contribution < 1.29 is 66.4 Å². The predicted molar refractivity (Wildman–Crippen MR) is 272 cm³/mol. The van der Waals surface area contributed by atoms with Gasteiger partial charge in [-0.25, -0.2) is 4.79 Å². The lowest BCUT2D eigenvalue weighted by molar-refractivity contribution is -0.889. The van der Waals surface area contributed by atoms with E-state index in [1.165, 1.54) is 225 Å². The van der Waals surface area contributed by atoms with Crippen LogP contribution in [0.5, 0.6) is 0 Å². The van der Waals surface area contributed by atoms with Gasteiger partial charge in [0.15, 0.2) is 0 Å². The maximum absolute atomic E-state index is 13.9. The number of likely N-dealkylation sites (N-methyl/N-ethyl adjacent to an activating group) is 1. The number of carbonyl (C=O) groups excluding carboxylic acids is 1. The number of nitrogens with zero attached hydrogens (tertiary/aromatic N) is 1. The summed E-state index contributed by atoms with van der Waals surface area (Å²) < 4.78 is 173. The Morgan fingerprint density at radius 1 is 0.375 bits per heavy atom. The Morgan fingerprint density at radius 2 is 0.653 bits per heavy atom. The van der Waals surface area contributed by atoms with Crippen LogP contribution in [0, 0.1) is 0 Å². The molecule has 0 saturated heterocycles. The van der Waals surface area contributed by atoms with Crippen LogP contribution in [0.15, 0.2) is 0 Å². The van der Waals surface area contributed by atoms with Crippen molar-refractivity contribution in [3.63, 3.8) is 0 Å². The average molecular weight is 1090 g/mol. The summed E-state index contributed by atoms with van der Waals surface area (Å²) >= 11 is 0.276. The molecule has 432 valence electrons. The summed E-state index contributed by atoms with van der Waals surface area (Å²) in [4.78, 5) is 12.0. The molecule has 0 aliphatic carbocycles. The highest BCUT2D eigenvalue weighted by Crippen LogP contribution is 2.60. The molecule has 0 radical (unpaired) electrons. The van der Waals surface area contributed by atoms with Gasteiger partial charge in [-0.15, -0.1) is 11.8 Å². The lowest BCUT2D eigenvalue weighted by atomic mass is 9.93. The summed E-state index contributed by atoms with van der Waals surface area (Å²) in [5.74, 6) is -38.6. The van der Waals surface area contributed by atoms with Gasteiger partial charge in [0, 0.05) is 12.2 Å². The first-order valence-electron chi connectivity index (χ1n) is 28.3. The van der Waals surface area contributed by atoms with E-state index in [2.05, 4.69) is 17.6 Å². The Balaban J connectivity index is 3.64. The van der Waals surface area contributed by atoms with Crippen molar-refractivity contribution in [2.45, 2.75) is 293 Å². The van der Waals surface area contributed by atoms with Gasteiger partial charge in [-0.05, 0) is 12.8 Å². The summed E-state index contributed by atoms with van der Waals surface area (Å²) in [6.45, 7) is 3.89. The number of rotatable bonds is 51. The molecule has 2 amide bonds. The minimum atomic E-state index is -7.91. The molecule has 0 rings (SSSR count). The fourth-order valence-electron chi connectivity index (χ4n) is 8.97. The number of carbonyl (C=O) groups is 1. The number of quaternary nitrogens is 1. The van der Waals surface area contributed by atoms with Crippen LogP contribution in [-0.4, -0.2) is 91.7 Å². The largest absolute Gasteiger partial charge is 0.460 e. The molecule has 0 aromatic rings. The van der Waals surface area contributed by atoms with E-state index in [-0.39, 0.29) is 18.3 Å². The number of hydrogen-bond acceptors (Lipinski definition) is 2. The third-order valence-electron chi connectivity index (χ3n) is 14.0. The van der Waals surface area contributed by atoms with E-state index in [1.807, 2.05) is 14.1 Å². The number of nitrogens with one attached hydrogen (secondary N) is 2. The fraction of sp³-hybridized carbons (Fsp3) is 0.981. The minimum absolute atomic E-state index is 0.208. The molecule has 0 aromatic heterocycles. The molecular weight excluding hydrogens is 986 g/mol. The van der Waals surface area contributed by atoms with Crippen LogP contribution in [-0.2, 0) is 0 Å². The summed E-state index contributed by atoms with van der Waals surface area (Å²) in [6.07, 6.45) is 42.1. The monoisotopic (exact) mass is 1080 g/mol. The highest BCUT2D eigenvalue weighted by atomic mass is 32.2. The second-order valence-electron chi connectivity index (χ2n) is 21.2. The van der Waals surface area contributed by atoms with Crippen LogP contribution < -0.4 is 10.6 Å². The van der Waals surface area contributed by atoms with Gasteiger partial charge >= 0.3 is 41.8 Å². The minimum Gasteiger partial charge on any atom is -0.332 e. The van der Waals surface area contributed by atoms with E-state index in [1.54, 1.807) is 0 Å². The van der Waals surface area contributed by atoms with Gasteiger partial charge in [0.05, 0.1) is 39.6 Å². The predicted octanol–water partition coefficient (Wildman–Crippen LogP) is 20.0. The van der Waals surface area contributed by atoms with Gasteiger partial charge in [0.2, 0.25) is 0 Å². The van der Waals surface area contributed by atoms with Crippen molar-refractivity contribution in [2.24, 2.45) is 0 Å². The number of alkyl halides is 13. The van der Waals surface area contributed by atoms with Crippen molar-refractivity contribution in [3.05, 3.63) is 0 Å². The van der Waals surface area contributed by atoms with Crippen molar-refractivity contribution in [3.8, 4) is 0 Å². The van der Waals surface area contributed by atoms with E-state index in [0.29, 0.717) is 11.0 Å². The zero-order valence-corrected chi connectivity index (χ0v) is 45.6. The number of halogens is 13. The molecule has 18 heteroatoms. The molecule has 0 aromatic carbocycles. The van der Waals surface area contributed by atoms with Gasteiger partial charge in [0.1, 0.15) is 0 Å². The third-order valence-corrected chi connectivity index (χ3v) is 14.9. The van der Waals surface area contributed by atoms with Crippen LogP contribution in [0.3, 0.4) is 0 Å². The number of hydrogen-bond donors (Lipinski definition) is 2. The number of amides is 2. The fourth-order valence-corrected chi connectivity index (χ4v) is 9.75. The maximum atomic E-state index is 13.9. The van der Waals surface area contributed by atoms with E-state index in [4.69, 9.17) is 0 Å². The number of urea groups is 1. The Hall–Kier alpha value is -1.33. The molecule has 72 heavy (non-hydrogen) atoms. The summed E-state index contributed by atoms with van der Waals surface area (Å²) in [5, 5.41) is 4.71. The van der Waals surface area contributed by atoms with Crippen LogP contribution in [0.25, 0.3) is 0 Å². The van der Waals surface area contributed by atoms with Crippen molar-refractivity contribution >= 4 is 17.8 Å². The first-order valence-corrected chi connectivity index (χ1v) is 29.4. The van der Waals surface area contributed by atoms with Crippen molar-refractivity contribution in [1.29, 1.82) is 0 Å². The van der Waals surface area contributed by atoms with Crippen molar-refractivity contribution in [1.82, 2.24) is 10.6 Å².